The van der Waals surface area contributed by atoms with Crippen molar-refractivity contribution in [3.05, 3.63) is 71.3 Å². The van der Waals surface area contributed by atoms with E-state index in [0.717, 1.165) is 43.5 Å². The van der Waals surface area contributed by atoms with E-state index < -0.39 is 96.5 Å². The van der Waals surface area contributed by atoms with Crippen molar-refractivity contribution in [2.45, 2.75) is 101 Å². The van der Waals surface area contributed by atoms with E-state index in [1.807, 2.05) is 16.2 Å². The molecule has 1 aromatic carbocycles. The SMILES string of the molecule is CC(C)(C[C@]1(C2(C)C=CC(c3cnn(C4CC4)c3)=CC2)N=C(N)N([C@H](COC(=O)NC2(C(F)(F)F)CC2)c2ccc(Cl)c(-c3ncnn3C(F)F)c2)C1=O)C(F)(F)F. The van der Waals surface area contributed by atoms with Crippen LogP contribution in [0.2, 0.25) is 5.02 Å². The minimum absolute atomic E-state index is 0.00914. The number of alkyl carbamates (subject to hydrolysis) is 1. The molecule has 0 bridgehead atoms. The lowest BCUT2D eigenvalue weighted by Crippen LogP contribution is -2.57. The molecule has 58 heavy (non-hydrogen) atoms. The highest BCUT2D eigenvalue weighted by Gasteiger charge is 2.66. The molecule has 2 saturated carbocycles. The summed E-state index contributed by atoms with van der Waals surface area (Å²) in [5, 5.41) is 9.63. The normalized spacial score (nSPS) is 23.9. The molecule has 7 rings (SSSR count). The van der Waals surface area contributed by atoms with Crippen molar-refractivity contribution in [2.24, 2.45) is 21.6 Å². The molecule has 3 aliphatic carbocycles. The van der Waals surface area contributed by atoms with E-state index in [4.69, 9.17) is 22.1 Å². The molecule has 2 amide bonds. The Morgan fingerprint density at radius 2 is 1.83 bits per heavy atom. The Labute approximate surface area is 331 Å². The molecule has 2 fully saturated rings. The zero-order chi connectivity index (χ0) is 42.2. The molecule has 21 heteroatoms. The standard InChI is InChI=1S/C37H38ClF8N9O3/c1-32(2,36(41,42)43)18-35(33(3)10-8-20(9-11-33)22-15-49-53(16-22)23-5-6-23)28(56)54(30(47)51-35)26(17-58-31(57)52-34(12-13-34)37(44,45)46)21-4-7-25(38)24(14-21)27-48-19-50-55(27)29(39)40/h4,7-10,14-16,19,23,26,29H,5-6,11-13,17-18H2,1-3H3,(H2,47,51)(H,52,57)/t26-,33?,35+/m1/s1. The maximum Gasteiger partial charge on any atom is 0.411 e. The molecule has 4 aliphatic rings. The zero-order valence-electron chi connectivity index (χ0n) is 31.2. The van der Waals surface area contributed by atoms with E-state index in [1.165, 1.54) is 18.2 Å². The maximum atomic E-state index is 15.2. The Balaban J connectivity index is 1.29. The van der Waals surface area contributed by atoms with Gasteiger partial charge >= 0.3 is 25.0 Å². The summed E-state index contributed by atoms with van der Waals surface area (Å²) >= 11 is 6.41. The van der Waals surface area contributed by atoms with Crippen LogP contribution in [0.1, 0.15) is 89.1 Å². The number of halogens is 9. The fraction of sp³-hybridized carbons (Fsp3) is 0.514. The number of nitrogens with zero attached hydrogens (tertiary/aromatic N) is 7. The second kappa shape index (κ2) is 14.1. The summed E-state index contributed by atoms with van der Waals surface area (Å²) in [6.45, 7) is -0.673. The molecule has 3 aromatic rings. The first-order valence-corrected chi connectivity index (χ1v) is 18.6. The smallest absolute Gasteiger partial charge is 0.411 e. The van der Waals surface area contributed by atoms with Crippen molar-refractivity contribution in [3.8, 4) is 11.4 Å². The number of guanidine groups is 1. The fourth-order valence-corrected chi connectivity index (χ4v) is 7.63. The first-order chi connectivity index (χ1) is 27.0. The van der Waals surface area contributed by atoms with Crippen molar-refractivity contribution < 1.29 is 49.4 Å². The fourth-order valence-electron chi connectivity index (χ4n) is 7.43. The third-order valence-corrected chi connectivity index (χ3v) is 11.8. The van der Waals surface area contributed by atoms with Crippen molar-refractivity contribution in [1.82, 2.24) is 34.8 Å². The quantitative estimate of drug-likeness (QED) is 0.175. The van der Waals surface area contributed by atoms with Crippen LogP contribution in [0.5, 0.6) is 0 Å². The second-order valence-corrected chi connectivity index (χ2v) is 16.4. The minimum atomic E-state index is -4.84. The van der Waals surface area contributed by atoms with Crippen molar-refractivity contribution >= 4 is 35.1 Å². The highest BCUT2D eigenvalue weighted by molar-refractivity contribution is 6.33. The van der Waals surface area contributed by atoms with E-state index in [1.54, 1.807) is 31.3 Å². The second-order valence-electron chi connectivity index (χ2n) is 16.0. The van der Waals surface area contributed by atoms with Gasteiger partial charge in [-0.05, 0) is 61.8 Å². The molecular weight excluding hydrogens is 806 g/mol. The number of alkyl halides is 8. The van der Waals surface area contributed by atoms with Gasteiger partial charge in [0.2, 0.25) is 0 Å². The lowest BCUT2D eigenvalue weighted by Gasteiger charge is -2.46. The van der Waals surface area contributed by atoms with E-state index in [0.29, 0.717) is 11.6 Å². The lowest BCUT2D eigenvalue weighted by molar-refractivity contribution is -0.220. The Hall–Kier alpha value is -5.01. The summed E-state index contributed by atoms with van der Waals surface area (Å²) in [5.41, 5.74) is -0.983. The summed E-state index contributed by atoms with van der Waals surface area (Å²) in [4.78, 5) is 37.3. The van der Waals surface area contributed by atoms with Crippen LogP contribution in [0.25, 0.3) is 17.0 Å². The van der Waals surface area contributed by atoms with Crippen LogP contribution in [-0.4, -0.2) is 77.4 Å². The Kier molecular flexibility index (Phi) is 9.99. The zero-order valence-corrected chi connectivity index (χ0v) is 32.0. The topological polar surface area (TPSA) is 146 Å². The molecule has 3 N–H and O–H groups in total. The van der Waals surface area contributed by atoms with Crippen LogP contribution in [0.4, 0.5) is 39.9 Å². The third-order valence-electron chi connectivity index (χ3n) is 11.5. The average molecular weight is 844 g/mol. The number of carbonyl (C=O) groups excluding carboxylic acids is 2. The van der Waals surface area contributed by atoms with E-state index in [-0.39, 0.29) is 27.3 Å². The highest BCUT2D eigenvalue weighted by atomic mass is 35.5. The average Bonchev–Trinajstić information content (AvgIpc) is 4.01. The summed E-state index contributed by atoms with van der Waals surface area (Å²) in [6.07, 6.45) is -1.48. The minimum Gasteiger partial charge on any atom is -0.447 e. The van der Waals surface area contributed by atoms with Gasteiger partial charge in [-0.25, -0.2) is 14.8 Å². The molecule has 0 radical (unpaired) electrons. The first-order valence-electron chi connectivity index (χ1n) is 18.2. The lowest BCUT2D eigenvalue weighted by atomic mass is 9.60. The monoisotopic (exact) mass is 843 g/mol. The van der Waals surface area contributed by atoms with Gasteiger partial charge in [-0.2, -0.15) is 50.0 Å². The Morgan fingerprint density at radius 1 is 1.12 bits per heavy atom. The molecule has 2 aromatic heterocycles. The highest BCUT2D eigenvalue weighted by Crippen LogP contribution is 2.56. The largest absolute Gasteiger partial charge is 0.447 e. The van der Waals surface area contributed by atoms with Crippen LogP contribution in [-0.2, 0) is 9.53 Å². The van der Waals surface area contributed by atoms with Crippen molar-refractivity contribution in [2.75, 3.05) is 6.61 Å². The number of rotatable bonds is 12. The summed E-state index contributed by atoms with van der Waals surface area (Å²) in [5.74, 6) is -2.04. The first kappa shape index (κ1) is 41.2. The van der Waals surface area contributed by atoms with Gasteiger partial charge in [-0.15, -0.1) is 0 Å². The molecular formula is C37H38ClF8N9O3. The molecule has 3 heterocycles. The Bertz CT molecular complexity index is 2210. The molecule has 1 aliphatic heterocycles. The van der Waals surface area contributed by atoms with E-state index in [2.05, 4.69) is 20.2 Å². The number of aliphatic imine (C=N–C) groups is 1. The van der Waals surface area contributed by atoms with Crippen LogP contribution in [0.15, 0.2) is 60.1 Å². The van der Waals surface area contributed by atoms with Crippen LogP contribution in [0, 0.1) is 10.8 Å². The predicted molar refractivity (Wildman–Crippen MR) is 193 cm³/mol. The van der Waals surface area contributed by atoms with Crippen LogP contribution in [0.3, 0.4) is 0 Å². The number of hydrogen-bond donors (Lipinski definition) is 2. The number of benzene rings is 1. The van der Waals surface area contributed by atoms with Gasteiger partial charge in [0.25, 0.3) is 5.91 Å². The van der Waals surface area contributed by atoms with Gasteiger partial charge in [-0.3, -0.25) is 14.4 Å². The number of aromatic nitrogens is 5. The number of carbonyl (C=O) groups is 2. The third kappa shape index (κ3) is 7.20. The van der Waals surface area contributed by atoms with Gasteiger partial charge < -0.3 is 15.8 Å². The molecule has 3 atom stereocenters. The number of nitrogens with two attached hydrogens (primary N) is 1. The maximum absolute atomic E-state index is 15.2. The van der Waals surface area contributed by atoms with Gasteiger partial charge in [0.15, 0.2) is 17.3 Å². The number of ether oxygens (including phenoxy) is 1. The van der Waals surface area contributed by atoms with Crippen molar-refractivity contribution in [1.29, 1.82) is 0 Å². The van der Waals surface area contributed by atoms with Gasteiger partial charge in [0.1, 0.15) is 18.5 Å². The van der Waals surface area contributed by atoms with E-state index >= 15 is 4.79 Å². The number of amides is 2. The number of allylic oxidation sites excluding steroid dienone is 3. The molecule has 0 saturated heterocycles. The van der Waals surface area contributed by atoms with Gasteiger partial charge in [0, 0.05) is 22.7 Å². The predicted octanol–water partition coefficient (Wildman–Crippen LogP) is 8.31. The summed E-state index contributed by atoms with van der Waals surface area (Å²) < 4.78 is 120. The molecule has 0 spiro atoms. The number of nitrogens with one attached hydrogen (secondary N) is 1. The molecule has 1 unspecified atom stereocenters. The van der Waals surface area contributed by atoms with E-state index in [9.17, 15) is 39.9 Å². The molecule has 312 valence electrons. The van der Waals surface area contributed by atoms with Gasteiger partial charge in [0.05, 0.1) is 28.7 Å². The molecule has 12 nitrogen and oxygen atoms in total. The summed E-state index contributed by atoms with van der Waals surface area (Å²) in [7, 11) is 0. The van der Waals surface area contributed by atoms with Crippen LogP contribution >= 0.6 is 11.6 Å². The Morgan fingerprint density at radius 3 is 2.41 bits per heavy atom. The van der Waals surface area contributed by atoms with Crippen molar-refractivity contribution in [3.63, 3.8) is 0 Å². The van der Waals surface area contributed by atoms with Crippen LogP contribution < -0.4 is 11.1 Å². The van der Waals surface area contributed by atoms with Gasteiger partial charge in [-0.1, -0.05) is 56.7 Å². The summed E-state index contributed by atoms with van der Waals surface area (Å²) in [6, 6.07) is 2.45. The number of hydrogen-bond acceptors (Lipinski definition) is 8.